The highest BCUT2D eigenvalue weighted by atomic mass is 16.6. The summed E-state index contributed by atoms with van der Waals surface area (Å²) < 4.78 is 13.5. The van der Waals surface area contributed by atoms with Crippen LogP contribution in [-0.4, -0.2) is 64.3 Å². The Bertz CT molecular complexity index is 1450. The van der Waals surface area contributed by atoms with Crippen LogP contribution >= 0.6 is 0 Å². The van der Waals surface area contributed by atoms with Crippen molar-refractivity contribution in [2.75, 3.05) is 36.5 Å². The van der Waals surface area contributed by atoms with Crippen molar-refractivity contribution >= 4 is 29.3 Å². The lowest BCUT2D eigenvalue weighted by molar-refractivity contribution is 0.0570. The van der Waals surface area contributed by atoms with Crippen LogP contribution in [0.3, 0.4) is 0 Å². The topological polar surface area (TPSA) is 110 Å². The molecule has 1 saturated heterocycles. The zero-order chi connectivity index (χ0) is 30.7. The van der Waals surface area contributed by atoms with E-state index in [1.165, 1.54) is 19.3 Å². The Morgan fingerprint density at radius 1 is 1.00 bits per heavy atom. The van der Waals surface area contributed by atoms with Gasteiger partial charge >= 0.3 is 6.09 Å². The average molecular weight is 603 g/mol. The monoisotopic (exact) mass is 602 g/mol. The lowest BCUT2D eigenvalue weighted by Gasteiger charge is -2.31. The first kappa shape index (κ1) is 30.4. The third-order valence-electron chi connectivity index (χ3n) is 8.79. The Morgan fingerprint density at radius 3 is 2.41 bits per heavy atom. The molecular weight excluding hydrogens is 556 g/mol. The van der Waals surface area contributed by atoms with Gasteiger partial charge in [0.1, 0.15) is 5.60 Å². The van der Waals surface area contributed by atoms with Crippen molar-refractivity contribution in [3.63, 3.8) is 0 Å². The molecule has 0 atom stereocenters. The second-order valence-electron chi connectivity index (χ2n) is 13.6. The largest absolute Gasteiger partial charge is 0.443 e. The molecule has 0 spiro atoms. The minimum absolute atomic E-state index is 0.0426. The normalized spacial score (nSPS) is 18.2. The van der Waals surface area contributed by atoms with E-state index < -0.39 is 11.7 Å². The van der Waals surface area contributed by atoms with Gasteiger partial charge in [-0.15, -0.1) is 0 Å². The van der Waals surface area contributed by atoms with Gasteiger partial charge in [-0.2, -0.15) is 0 Å². The first-order valence-electron chi connectivity index (χ1n) is 16.3. The van der Waals surface area contributed by atoms with Crippen LogP contribution in [0.15, 0.2) is 36.7 Å². The number of aromatic nitrogens is 3. The fourth-order valence-corrected chi connectivity index (χ4v) is 6.12. The Labute approximate surface area is 259 Å². The van der Waals surface area contributed by atoms with Crippen LogP contribution in [-0.2, 0) is 9.47 Å². The van der Waals surface area contributed by atoms with E-state index in [1.54, 1.807) is 4.90 Å². The average Bonchev–Trinajstić information content (AvgIpc) is 3.73. The summed E-state index contributed by atoms with van der Waals surface area (Å²) in [4.78, 5) is 37.9. The van der Waals surface area contributed by atoms with Crippen LogP contribution in [0.4, 0.5) is 16.4 Å². The highest BCUT2D eigenvalue weighted by Gasteiger charge is 2.29. The van der Waals surface area contributed by atoms with Gasteiger partial charge in [0, 0.05) is 43.5 Å². The number of carbonyl (C=O) groups excluding carboxylic acids is 2. The summed E-state index contributed by atoms with van der Waals surface area (Å²) in [5, 5.41) is 6.63. The zero-order valence-electron chi connectivity index (χ0n) is 26.3. The minimum atomic E-state index is -0.635. The summed E-state index contributed by atoms with van der Waals surface area (Å²) in [6.07, 6.45) is 13.2. The maximum Gasteiger partial charge on any atom is 0.416 e. The second kappa shape index (κ2) is 13.1. The van der Waals surface area contributed by atoms with Crippen LogP contribution in [0.25, 0.3) is 16.9 Å². The molecule has 3 heterocycles. The van der Waals surface area contributed by atoms with Gasteiger partial charge in [-0.1, -0.05) is 31.4 Å². The maximum absolute atomic E-state index is 13.7. The van der Waals surface area contributed by atoms with E-state index in [0.29, 0.717) is 47.3 Å². The molecule has 3 aliphatic rings. The van der Waals surface area contributed by atoms with Crippen LogP contribution in [0.5, 0.6) is 0 Å². The number of fused-ring (bicyclic) bond motifs is 1. The van der Waals surface area contributed by atoms with E-state index in [1.807, 2.05) is 61.8 Å². The van der Waals surface area contributed by atoms with Gasteiger partial charge in [-0.3, -0.25) is 14.1 Å². The van der Waals surface area contributed by atoms with Crippen LogP contribution in [0.2, 0.25) is 0 Å². The maximum atomic E-state index is 13.7. The number of anilines is 2. The molecule has 236 valence electrons. The summed E-state index contributed by atoms with van der Waals surface area (Å²) in [5.41, 5.74) is 2.47. The first-order chi connectivity index (χ1) is 21.2. The third kappa shape index (κ3) is 7.52. The van der Waals surface area contributed by atoms with Crippen LogP contribution in [0, 0.1) is 11.8 Å². The first-order valence-corrected chi connectivity index (χ1v) is 16.3. The van der Waals surface area contributed by atoms with Gasteiger partial charge in [0.05, 0.1) is 18.1 Å². The number of hydrogen-bond donors (Lipinski definition) is 2. The lowest BCUT2D eigenvalue weighted by atomic mass is 9.89. The van der Waals surface area contributed by atoms with E-state index in [0.717, 1.165) is 69.5 Å². The van der Waals surface area contributed by atoms with Crippen molar-refractivity contribution in [2.24, 2.45) is 11.8 Å². The number of amides is 2. The highest BCUT2D eigenvalue weighted by Crippen LogP contribution is 2.31. The predicted octanol–water partition coefficient (Wildman–Crippen LogP) is 6.45. The molecule has 3 fully saturated rings. The molecule has 2 saturated carbocycles. The van der Waals surface area contributed by atoms with Gasteiger partial charge in [0.25, 0.3) is 5.91 Å². The van der Waals surface area contributed by atoms with E-state index in [4.69, 9.17) is 19.4 Å². The molecule has 44 heavy (non-hydrogen) atoms. The van der Waals surface area contributed by atoms with Crippen LogP contribution in [0.1, 0.15) is 88.9 Å². The molecule has 10 heteroatoms. The fourth-order valence-electron chi connectivity index (χ4n) is 6.12. The SMILES string of the molecule is CC(C)(C)OC(=O)N(CC1CCCCC1)c1cn2c(-c3ccc(C(=O)NC4CC4)cc3)cnc2c(NCC2CCOCC2)n1. The summed E-state index contributed by atoms with van der Waals surface area (Å²) in [6, 6.07) is 7.92. The molecule has 0 radical (unpaired) electrons. The summed E-state index contributed by atoms with van der Waals surface area (Å²) in [6.45, 7) is 8.52. The zero-order valence-corrected chi connectivity index (χ0v) is 26.3. The Balaban J connectivity index is 1.36. The third-order valence-corrected chi connectivity index (χ3v) is 8.79. The van der Waals surface area contributed by atoms with Gasteiger partial charge in [0.15, 0.2) is 17.3 Å². The molecule has 0 bridgehead atoms. The van der Waals surface area contributed by atoms with Crippen LogP contribution < -0.4 is 15.5 Å². The van der Waals surface area contributed by atoms with Crippen molar-refractivity contribution in [3.05, 3.63) is 42.2 Å². The minimum Gasteiger partial charge on any atom is -0.443 e. The Kier molecular flexibility index (Phi) is 9.07. The molecule has 10 nitrogen and oxygen atoms in total. The molecule has 1 aromatic carbocycles. The predicted molar refractivity (Wildman–Crippen MR) is 171 cm³/mol. The van der Waals surface area contributed by atoms with Gasteiger partial charge in [-0.25, -0.2) is 14.8 Å². The van der Waals surface area contributed by atoms with Gasteiger partial charge in [0.2, 0.25) is 0 Å². The number of hydrogen-bond acceptors (Lipinski definition) is 7. The Hall–Kier alpha value is -3.66. The van der Waals surface area contributed by atoms with E-state index >= 15 is 0 Å². The van der Waals surface area contributed by atoms with E-state index in [-0.39, 0.29) is 5.91 Å². The molecule has 1 aliphatic heterocycles. The molecule has 0 unspecified atom stereocenters. The van der Waals surface area contributed by atoms with Crippen molar-refractivity contribution < 1.29 is 19.1 Å². The second-order valence-corrected chi connectivity index (χ2v) is 13.6. The molecular formula is C34H46N6O4. The van der Waals surface area contributed by atoms with Crippen molar-refractivity contribution in [1.82, 2.24) is 19.7 Å². The smallest absolute Gasteiger partial charge is 0.416 e. The van der Waals surface area contributed by atoms with Crippen molar-refractivity contribution in [2.45, 2.75) is 90.2 Å². The fraction of sp³-hybridized carbons (Fsp3) is 0.588. The number of carbonyl (C=O) groups is 2. The summed E-state index contributed by atoms with van der Waals surface area (Å²) in [7, 11) is 0. The highest BCUT2D eigenvalue weighted by molar-refractivity contribution is 5.95. The quantitative estimate of drug-likeness (QED) is 0.290. The standard InChI is InChI=1S/C34H46N6O4/c1-34(2,3)44-33(42)40(21-24-7-5-4-6-8-24)29-22-39-28(25-9-11-26(12-10-25)32(41)37-27-13-14-27)20-36-31(39)30(38-29)35-19-23-15-17-43-18-16-23/h9-12,20,22-24,27H,4-8,13-19,21H2,1-3H3,(H,35,38)(H,37,41). The van der Waals surface area contributed by atoms with Gasteiger partial charge in [-0.05, 0) is 83.3 Å². The number of benzene rings is 1. The molecule has 2 aromatic heterocycles. The number of rotatable bonds is 9. The van der Waals surface area contributed by atoms with Gasteiger partial charge < -0.3 is 20.1 Å². The van der Waals surface area contributed by atoms with E-state index in [9.17, 15) is 9.59 Å². The van der Waals surface area contributed by atoms with E-state index in [2.05, 4.69) is 10.6 Å². The molecule has 2 aliphatic carbocycles. The van der Waals surface area contributed by atoms with Crippen molar-refractivity contribution in [1.29, 1.82) is 0 Å². The number of nitrogens with one attached hydrogen (secondary N) is 2. The Morgan fingerprint density at radius 2 is 1.73 bits per heavy atom. The van der Waals surface area contributed by atoms with Crippen molar-refractivity contribution in [3.8, 4) is 11.3 Å². The molecule has 3 aromatic rings. The lowest BCUT2D eigenvalue weighted by Crippen LogP contribution is -2.41. The summed E-state index contributed by atoms with van der Waals surface area (Å²) >= 11 is 0. The number of nitrogens with zero attached hydrogens (tertiary/aromatic N) is 4. The molecule has 2 N–H and O–H groups in total. The summed E-state index contributed by atoms with van der Waals surface area (Å²) in [5.74, 6) is 1.99. The number of ether oxygens (including phenoxy) is 2. The molecule has 6 rings (SSSR count). The molecule has 2 amide bonds. The number of imidazole rings is 1.